The van der Waals surface area contributed by atoms with Crippen molar-refractivity contribution in [3.63, 3.8) is 0 Å². The number of rotatable bonds is 5. The van der Waals surface area contributed by atoms with Crippen LogP contribution in [0.1, 0.15) is 32.6 Å². The van der Waals surface area contributed by atoms with Gasteiger partial charge in [-0.15, -0.1) is 0 Å². The molecular weight excluding hydrogens is 290 g/mol. The summed E-state index contributed by atoms with van der Waals surface area (Å²) in [5.41, 5.74) is -0.485. The Labute approximate surface area is 130 Å². The standard InChI is InChI=1S/C16H22ClNO3/c1-12-5-7-16(11-19,8-6-12)18-15(20)10-21-14-4-2-3-13(17)9-14/h2-4,9,12,19H,5-8,10-11H2,1H3,(H,18,20). The van der Waals surface area contributed by atoms with E-state index in [1.54, 1.807) is 24.3 Å². The predicted molar refractivity (Wildman–Crippen MR) is 82.5 cm³/mol. The molecule has 0 aliphatic heterocycles. The van der Waals surface area contributed by atoms with Crippen molar-refractivity contribution in [1.82, 2.24) is 5.32 Å². The third-order valence-corrected chi connectivity index (χ3v) is 4.34. The number of hydrogen-bond acceptors (Lipinski definition) is 3. The number of aliphatic hydroxyl groups excluding tert-OH is 1. The average Bonchev–Trinajstić information content (AvgIpc) is 2.48. The van der Waals surface area contributed by atoms with Crippen molar-refractivity contribution < 1.29 is 14.6 Å². The van der Waals surface area contributed by atoms with Gasteiger partial charge in [0.2, 0.25) is 0 Å². The van der Waals surface area contributed by atoms with Crippen LogP contribution in [0.5, 0.6) is 5.75 Å². The van der Waals surface area contributed by atoms with E-state index in [4.69, 9.17) is 16.3 Å². The molecule has 1 aliphatic carbocycles. The first kappa shape index (κ1) is 16.1. The van der Waals surface area contributed by atoms with Crippen molar-refractivity contribution in [2.75, 3.05) is 13.2 Å². The zero-order chi connectivity index (χ0) is 15.3. The molecule has 0 unspecified atom stereocenters. The van der Waals surface area contributed by atoms with E-state index in [0.717, 1.165) is 25.7 Å². The van der Waals surface area contributed by atoms with Crippen molar-refractivity contribution in [3.05, 3.63) is 29.3 Å². The van der Waals surface area contributed by atoms with Gasteiger partial charge in [-0.05, 0) is 49.8 Å². The Kier molecular flexibility index (Phi) is 5.48. The van der Waals surface area contributed by atoms with Gasteiger partial charge in [0.1, 0.15) is 5.75 Å². The molecule has 1 fully saturated rings. The van der Waals surface area contributed by atoms with E-state index in [9.17, 15) is 9.90 Å². The summed E-state index contributed by atoms with van der Waals surface area (Å²) in [6.45, 7) is 2.10. The van der Waals surface area contributed by atoms with Crippen molar-refractivity contribution in [1.29, 1.82) is 0 Å². The first-order chi connectivity index (χ1) is 10.0. The Morgan fingerprint density at radius 1 is 1.48 bits per heavy atom. The molecular formula is C16H22ClNO3. The van der Waals surface area contributed by atoms with Crippen molar-refractivity contribution >= 4 is 17.5 Å². The molecule has 1 amide bonds. The lowest BCUT2D eigenvalue weighted by Crippen LogP contribution is -2.54. The maximum atomic E-state index is 12.0. The summed E-state index contributed by atoms with van der Waals surface area (Å²) in [6, 6.07) is 6.94. The fourth-order valence-corrected chi connectivity index (χ4v) is 2.86. The Balaban J connectivity index is 1.86. The van der Waals surface area contributed by atoms with E-state index in [-0.39, 0.29) is 19.1 Å². The van der Waals surface area contributed by atoms with Crippen LogP contribution in [0.2, 0.25) is 5.02 Å². The number of hydrogen-bond donors (Lipinski definition) is 2. The minimum atomic E-state index is -0.485. The fraction of sp³-hybridized carbons (Fsp3) is 0.562. The van der Waals surface area contributed by atoms with E-state index < -0.39 is 5.54 Å². The summed E-state index contributed by atoms with van der Waals surface area (Å²) in [5.74, 6) is 1.01. The molecule has 1 saturated carbocycles. The number of halogens is 1. The van der Waals surface area contributed by atoms with E-state index in [2.05, 4.69) is 12.2 Å². The largest absolute Gasteiger partial charge is 0.484 e. The lowest BCUT2D eigenvalue weighted by atomic mass is 9.77. The lowest BCUT2D eigenvalue weighted by Gasteiger charge is -2.38. The summed E-state index contributed by atoms with van der Waals surface area (Å²) in [7, 11) is 0. The van der Waals surface area contributed by atoms with Crippen LogP contribution in [0.3, 0.4) is 0 Å². The highest BCUT2D eigenvalue weighted by Crippen LogP contribution is 2.31. The van der Waals surface area contributed by atoms with E-state index in [0.29, 0.717) is 16.7 Å². The van der Waals surface area contributed by atoms with Crippen LogP contribution in [0.25, 0.3) is 0 Å². The van der Waals surface area contributed by atoms with Gasteiger partial charge in [-0.2, -0.15) is 0 Å². The molecule has 2 N–H and O–H groups in total. The zero-order valence-corrected chi connectivity index (χ0v) is 13.0. The monoisotopic (exact) mass is 311 g/mol. The molecule has 21 heavy (non-hydrogen) atoms. The number of ether oxygens (including phenoxy) is 1. The molecule has 0 radical (unpaired) electrons. The molecule has 1 aromatic carbocycles. The maximum absolute atomic E-state index is 12.0. The van der Waals surface area contributed by atoms with Crippen molar-refractivity contribution in [2.24, 2.45) is 5.92 Å². The highest BCUT2D eigenvalue weighted by atomic mass is 35.5. The molecule has 4 nitrogen and oxygen atoms in total. The second kappa shape index (κ2) is 7.14. The average molecular weight is 312 g/mol. The minimum Gasteiger partial charge on any atom is -0.484 e. The van der Waals surface area contributed by atoms with Crippen LogP contribution in [-0.2, 0) is 4.79 Å². The van der Waals surface area contributed by atoms with Crippen molar-refractivity contribution in [3.8, 4) is 5.75 Å². The van der Waals surface area contributed by atoms with E-state index in [1.165, 1.54) is 0 Å². The summed E-state index contributed by atoms with van der Waals surface area (Å²) >= 11 is 5.86. The van der Waals surface area contributed by atoms with Crippen molar-refractivity contribution in [2.45, 2.75) is 38.1 Å². The van der Waals surface area contributed by atoms with Crippen LogP contribution >= 0.6 is 11.6 Å². The molecule has 0 spiro atoms. The maximum Gasteiger partial charge on any atom is 0.258 e. The Bertz CT molecular complexity index is 484. The SMILES string of the molecule is CC1CCC(CO)(NC(=O)COc2cccc(Cl)c2)CC1. The topological polar surface area (TPSA) is 58.6 Å². The van der Waals surface area contributed by atoms with Gasteiger partial charge in [0.15, 0.2) is 6.61 Å². The number of nitrogens with one attached hydrogen (secondary N) is 1. The molecule has 116 valence electrons. The smallest absolute Gasteiger partial charge is 0.258 e. The van der Waals surface area contributed by atoms with Crippen LogP contribution in [0, 0.1) is 5.92 Å². The third kappa shape index (κ3) is 4.61. The molecule has 1 aliphatic rings. The highest BCUT2D eigenvalue weighted by Gasteiger charge is 2.34. The van der Waals surface area contributed by atoms with Gasteiger partial charge in [0.05, 0.1) is 12.1 Å². The highest BCUT2D eigenvalue weighted by molar-refractivity contribution is 6.30. The minimum absolute atomic E-state index is 0.0252. The van der Waals surface area contributed by atoms with Crippen LogP contribution in [0.4, 0.5) is 0 Å². The number of carbonyl (C=O) groups excluding carboxylic acids is 1. The van der Waals surface area contributed by atoms with Crippen LogP contribution in [-0.4, -0.2) is 29.8 Å². The second-order valence-corrected chi connectivity index (χ2v) is 6.35. The lowest BCUT2D eigenvalue weighted by molar-refractivity contribution is -0.126. The normalized spacial score (nSPS) is 25.4. The van der Waals surface area contributed by atoms with E-state index >= 15 is 0 Å². The number of benzene rings is 1. The second-order valence-electron chi connectivity index (χ2n) is 5.92. The molecule has 1 aromatic rings. The molecule has 0 bridgehead atoms. The van der Waals surface area contributed by atoms with Crippen LogP contribution < -0.4 is 10.1 Å². The summed E-state index contributed by atoms with van der Waals surface area (Å²) in [6.07, 6.45) is 3.67. The summed E-state index contributed by atoms with van der Waals surface area (Å²) < 4.78 is 5.42. The molecule has 0 heterocycles. The molecule has 2 rings (SSSR count). The van der Waals surface area contributed by atoms with E-state index in [1.807, 2.05) is 0 Å². The first-order valence-corrected chi connectivity index (χ1v) is 7.71. The predicted octanol–water partition coefficient (Wildman–Crippen LogP) is 2.78. The van der Waals surface area contributed by atoms with Gasteiger partial charge in [-0.1, -0.05) is 24.6 Å². The Morgan fingerprint density at radius 2 is 2.19 bits per heavy atom. The molecule has 0 saturated heterocycles. The van der Waals surface area contributed by atoms with Gasteiger partial charge in [-0.3, -0.25) is 4.79 Å². The van der Waals surface area contributed by atoms with Gasteiger partial charge in [0.25, 0.3) is 5.91 Å². The van der Waals surface area contributed by atoms with Gasteiger partial charge in [-0.25, -0.2) is 0 Å². The Morgan fingerprint density at radius 3 is 2.81 bits per heavy atom. The molecule has 0 aromatic heterocycles. The number of aliphatic hydroxyl groups is 1. The number of amides is 1. The Hall–Kier alpha value is -1.26. The van der Waals surface area contributed by atoms with Gasteiger partial charge >= 0.3 is 0 Å². The van der Waals surface area contributed by atoms with Crippen LogP contribution in [0.15, 0.2) is 24.3 Å². The molecule has 5 heteroatoms. The fourth-order valence-electron chi connectivity index (χ4n) is 2.67. The summed E-state index contributed by atoms with van der Waals surface area (Å²) in [5, 5.41) is 13.1. The quantitative estimate of drug-likeness (QED) is 0.879. The number of carbonyl (C=O) groups is 1. The zero-order valence-electron chi connectivity index (χ0n) is 12.3. The summed E-state index contributed by atoms with van der Waals surface area (Å²) in [4.78, 5) is 12.0. The first-order valence-electron chi connectivity index (χ1n) is 7.33. The van der Waals surface area contributed by atoms with Gasteiger partial charge in [0, 0.05) is 5.02 Å². The molecule has 0 atom stereocenters. The third-order valence-electron chi connectivity index (χ3n) is 4.10. The van der Waals surface area contributed by atoms with Gasteiger partial charge < -0.3 is 15.2 Å².